The zero-order valence-electron chi connectivity index (χ0n) is 10.9. The van der Waals surface area contributed by atoms with Gasteiger partial charge in [0.15, 0.2) is 0 Å². The van der Waals surface area contributed by atoms with E-state index in [1.165, 1.54) is 12.1 Å². The summed E-state index contributed by atoms with van der Waals surface area (Å²) in [4.78, 5) is 0. The lowest BCUT2D eigenvalue weighted by molar-refractivity contribution is 0.0738. The van der Waals surface area contributed by atoms with Gasteiger partial charge in [0.05, 0.1) is 6.10 Å². The van der Waals surface area contributed by atoms with Crippen LogP contribution in [-0.2, 0) is 4.74 Å². The van der Waals surface area contributed by atoms with Crippen molar-refractivity contribution < 1.29 is 9.13 Å². The standard InChI is InChI=1S/C14H22FNO/c1-4-14(16-10-11(3)17-5-2)12-6-8-13(15)9-7-12/h6-9,11,14,16H,4-5,10H2,1-3H3. The van der Waals surface area contributed by atoms with Crippen molar-refractivity contribution in [3.05, 3.63) is 35.6 Å². The molecule has 0 amide bonds. The van der Waals surface area contributed by atoms with E-state index in [0.717, 1.165) is 25.1 Å². The first-order valence-corrected chi connectivity index (χ1v) is 6.27. The fourth-order valence-corrected chi connectivity index (χ4v) is 1.84. The van der Waals surface area contributed by atoms with Crippen molar-refractivity contribution in [1.29, 1.82) is 0 Å². The van der Waals surface area contributed by atoms with Crippen LogP contribution in [0, 0.1) is 5.82 Å². The van der Waals surface area contributed by atoms with Gasteiger partial charge in [-0.05, 0) is 38.0 Å². The fourth-order valence-electron chi connectivity index (χ4n) is 1.84. The fraction of sp³-hybridized carbons (Fsp3) is 0.571. The average Bonchev–Trinajstić information content (AvgIpc) is 2.32. The summed E-state index contributed by atoms with van der Waals surface area (Å²) in [5, 5.41) is 3.44. The molecule has 1 aromatic carbocycles. The van der Waals surface area contributed by atoms with Gasteiger partial charge in [-0.15, -0.1) is 0 Å². The molecule has 0 aliphatic rings. The minimum atomic E-state index is -0.189. The Morgan fingerprint density at radius 2 is 1.88 bits per heavy atom. The summed E-state index contributed by atoms with van der Waals surface area (Å²) >= 11 is 0. The van der Waals surface area contributed by atoms with Crippen LogP contribution >= 0.6 is 0 Å². The summed E-state index contributed by atoms with van der Waals surface area (Å²) in [5.41, 5.74) is 1.12. The summed E-state index contributed by atoms with van der Waals surface area (Å²) < 4.78 is 18.3. The lowest BCUT2D eigenvalue weighted by Crippen LogP contribution is -2.30. The molecule has 1 rings (SSSR count). The van der Waals surface area contributed by atoms with E-state index in [0.29, 0.717) is 0 Å². The Kier molecular flexibility index (Phi) is 6.16. The minimum Gasteiger partial charge on any atom is -0.377 e. The van der Waals surface area contributed by atoms with Gasteiger partial charge < -0.3 is 10.1 Å². The second-order valence-electron chi connectivity index (χ2n) is 4.19. The van der Waals surface area contributed by atoms with Gasteiger partial charge in [-0.25, -0.2) is 4.39 Å². The Balaban J connectivity index is 2.51. The third kappa shape index (κ3) is 4.84. The number of hydrogen-bond donors (Lipinski definition) is 1. The van der Waals surface area contributed by atoms with Crippen molar-refractivity contribution in [2.75, 3.05) is 13.2 Å². The normalized spacial score (nSPS) is 14.6. The van der Waals surface area contributed by atoms with Crippen LogP contribution in [0.5, 0.6) is 0 Å². The third-order valence-electron chi connectivity index (χ3n) is 2.78. The topological polar surface area (TPSA) is 21.3 Å². The van der Waals surface area contributed by atoms with E-state index in [1.54, 1.807) is 0 Å². The number of nitrogens with one attached hydrogen (secondary N) is 1. The lowest BCUT2D eigenvalue weighted by atomic mass is 10.0. The van der Waals surface area contributed by atoms with Crippen LogP contribution in [0.2, 0.25) is 0 Å². The van der Waals surface area contributed by atoms with Crippen LogP contribution in [0.4, 0.5) is 4.39 Å². The molecular formula is C14H22FNO. The van der Waals surface area contributed by atoms with Gasteiger partial charge in [-0.2, -0.15) is 0 Å². The van der Waals surface area contributed by atoms with Gasteiger partial charge in [0.25, 0.3) is 0 Å². The highest BCUT2D eigenvalue weighted by Gasteiger charge is 2.10. The van der Waals surface area contributed by atoms with Gasteiger partial charge >= 0.3 is 0 Å². The zero-order valence-corrected chi connectivity index (χ0v) is 10.9. The van der Waals surface area contributed by atoms with E-state index in [-0.39, 0.29) is 18.0 Å². The Morgan fingerprint density at radius 3 is 2.41 bits per heavy atom. The van der Waals surface area contributed by atoms with Gasteiger partial charge in [-0.1, -0.05) is 19.1 Å². The summed E-state index contributed by atoms with van der Waals surface area (Å²) in [6.07, 6.45) is 1.18. The van der Waals surface area contributed by atoms with Crippen LogP contribution in [0.1, 0.15) is 38.8 Å². The monoisotopic (exact) mass is 239 g/mol. The third-order valence-corrected chi connectivity index (χ3v) is 2.78. The first kappa shape index (κ1) is 14.1. The molecule has 1 N–H and O–H groups in total. The van der Waals surface area contributed by atoms with Gasteiger partial charge in [0.1, 0.15) is 5.82 Å². The quantitative estimate of drug-likeness (QED) is 0.788. The van der Waals surface area contributed by atoms with E-state index < -0.39 is 0 Å². The number of ether oxygens (including phenoxy) is 1. The predicted octanol–water partition coefficient (Wildman–Crippen LogP) is 3.29. The van der Waals surface area contributed by atoms with Crippen molar-refractivity contribution >= 4 is 0 Å². The first-order chi connectivity index (χ1) is 8.17. The molecule has 3 heteroatoms. The van der Waals surface area contributed by atoms with Crippen LogP contribution in [-0.4, -0.2) is 19.3 Å². The average molecular weight is 239 g/mol. The molecule has 0 radical (unpaired) electrons. The van der Waals surface area contributed by atoms with Gasteiger partial charge in [-0.3, -0.25) is 0 Å². The molecule has 17 heavy (non-hydrogen) atoms. The van der Waals surface area contributed by atoms with E-state index in [4.69, 9.17) is 4.74 Å². The maximum absolute atomic E-state index is 12.8. The molecule has 0 bridgehead atoms. The SMILES string of the molecule is CCOC(C)CNC(CC)c1ccc(F)cc1. The van der Waals surface area contributed by atoms with Crippen LogP contribution in [0.25, 0.3) is 0 Å². The number of halogens is 1. The smallest absolute Gasteiger partial charge is 0.123 e. The van der Waals surface area contributed by atoms with Crippen molar-refractivity contribution in [2.24, 2.45) is 0 Å². The molecule has 0 heterocycles. The molecule has 96 valence electrons. The molecule has 0 saturated carbocycles. The minimum absolute atomic E-state index is 0.189. The molecule has 1 aromatic rings. The van der Waals surface area contributed by atoms with Crippen LogP contribution < -0.4 is 5.32 Å². The highest BCUT2D eigenvalue weighted by atomic mass is 19.1. The number of hydrogen-bond acceptors (Lipinski definition) is 2. The Morgan fingerprint density at radius 1 is 1.24 bits per heavy atom. The summed E-state index contributed by atoms with van der Waals surface area (Å²) in [6, 6.07) is 6.94. The Hall–Kier alpha value is -0.930. The van der Waals surface area contributed by atoms with Gasteiger partial charge in [0.2, 0.25) is 0 Å². The second kappa shape index (κ2) is 7.41. The molecule has 0 aliphatic carbocycles. The highest BCUT2D eigenvalue weighted by molar-refractivity contribution is 5.19. The summed E-state index contributed by atoms with van der Waals surface area (Å²) in [7, 11) is 0. The van der Waals surface area contributed by atoms with E-state index in [2.05, 4.69) is 12.2 Å². The van der Waals surface area contributed by atoms with Crippen LogP contribution in [0.3, 0.4) is 0 Å². The largest absolute Gasteiger partial charge is 0.377 e. The first-order valence-electron chi connectivity index (χ1n) is 6.27. The Bertz CT molecular complexity index is 313. The molecular weight excluding hydrogens is 217 g/mol. The summed E-state index contributed by atoms with van der Waals surface area (Å²) in [5.74, 6) is -0.189. The predicted molar refractivity (Wildman–Crippen MR) is 68.5 cm³/mol. The summed E-state index contributed by atoms with van der Waals surface area (Å²) in [6.45, 7) is 7.70. The molecule has 2 atom stereocenters. The molecule has 2 unspecified atom stereocenters. The molecule has 0 spiro atoms. The second-order valence-corrected chi connectivity index (χ2v) is 4.19. The van der Waals surface area contributed by atoms with Crippen molar-refractivity contribution in [3.8, 4) is 0 Å². The molecule has 2 nitrogen and oxygen atoms in total. The van der Waals surface area contributed by atoms with Crippen molar-refractivity contribution in [3.63, 3.8) is 0 Å². The van der Waals surface area contributed by atoms with Crippen molar-refractivity contribution in [2.45, 2.75) is 39.3 Å². The van der Waals surface area contributed by atoms with Crippen molar-refractivity contribution in [1.82, 2.24) is 5.32 Å². The molecule has 0 fully saturated rings. The van der Waals surface area contributed by atoms with E-state index in [1.807, 2.05) is 26.0 Å². The van der Waals surface area contributed by atoms with E-state index >= 15 is 0 Å². The maximum Gasteiger partial charge on any atom is 0.123 e. The zero-order chi connectivity index (χ0) is 12.7. The lowest BCUT2D eigenvalue weighted by Gasteiger charge is -2.20. The van der Waals surface area contributed by atoms with Gasteiger partial charge in [0, 0.05) is 19.2 Å². The number of rotatable bonds is 7. The molecule has 0 aliphatic heterocycles. The maximum atomic E-state index is 12.8. The Labute approximate surface area is 103 Å². The highest BCUT2D eigenvalue weighted by Crippen LogP contribution is 2.16. The van der Waals surface area contributed by atoms with E-state index in [9.17, 15) is 4.39 Å². The number of benzene rings is 1. The molecule has 0 aromatic heterocycles. The van der Waals surface area contributed by atoms with Crippen LogP contribution in [0.15, 0.2) is 24.3 Å². The molecule has 0 saturated heterocycles.